The van der Waals surface area contributed by atoms with E-state index in [9.17, 15) is 18.0 Å². The van der Waals surface area contributed by atoms with Crippen LogP contribution in [0.15, 0.2) is 48.5 Å². The van der Waals surface area contributed by atoms with Gasteiger partial charge in [0.05, 0.1) is 5.56 Å². The van der Waals surface area contributed by atoms with Crippen LogP contribution in [0.2, 0.25) is 0 Å². The third-order valence-corrected chi connectivity index (χ3v) is 3.84. The molecule has 1 N–H and O–H groups in total. The number of hydrogen-bond donors (Lipinski definition) is 1. The van der Waals surface area contributed by atoms with Crippen molar-refractivity contribution in [1.82, 2.24) is 5.32 Å². The summed E-state index contributed by atoms with van der Waals surface area (Å²) in [4.78, 5) is 11.8. The molecule has 2 aromatic carbocycles. The van der Waals surface area contributed by atoms with Crippen molar-refractivity contribution in [3.63, 3.8) is 0 Å². The van der Waals surface area contributed by atoms with Crippen molar-refractivity contribution < 1.29 is 22.7 Å². The number of rotatable bonds is 5. The van der Waals surface area contributed by atoms with Gasteiger partial charge in [0, 0.05) is 6.54 Å². The maximum Gasteiger partial charge on any atom is 0.416 e. The molecule has 0 aromatic heterocycles. The van der Waals surface area contributed by atoms with E-state index in [4.69, 9.17) is 4.74 Å². The second-order valence-electron chi connectivity index (χ2n) is 7.04. The molecule has 0 bridgehead atoms. The van der Waals surface area contributed by atoms with Crippen LogP contribution in [0.4, 0.5) is 13.2 Å². The number of ether oxygens (including phenoxy) is 1. The molecule has 2 aromatic rings. The van der Waals surface area contributed by atoms with Crippen LogP contribution in [0, 0.1) is 0 Å². The first-order chi connectivity index (χ1) is 12.1. The second-order valence-corrected chi connectivity index (χ2v) is 7.04. The zero-order valence-electron chi connectivity index (χ0n) is 15.0. The fraction of sp³-hybridized carbons (Fsp3) is 0.350. The third-order valence-electron chi connectivity index (χ3n) is 3.84. The Kier molecular flexibility index (Phi) is 5.95. The monoisotopic (exact) mass is 365 g/mol. The average molecular weight is 365 g/mol. The highest BCUT2D eigenvalue weighted by molar-refractivity contribution is 5.77. The Hall–Kier alpha value is -2.50. The van der Waals surface area contributed by atoms with Crippen molar-refractivity contribution in [2.45, 2.75) is 38.9 Å². The lowest BCUT2D eigenvalue weighted by Crippen LogP contribution is -2.28. The summed E-state index contributed by atoms with van der Waals surface area (Å²) in [5.74, 6) is -0.396. The molecule has 26 heavy (non-hydrogen) atoms. The molecule has 0 aliphatic rings. The molecule has 0 aliphatic carbocycles. The molecule has 0 heterocycles. The number of amides is 1. The maximum absolute atomic E-state index is 12.6. The summed E-state index contributed by atoms with van der Waals surface area (Å²) in [7, 11) is 0. The Labute approximate surface area is 151 Å². The molecule has 0 saturated heterocycles. The second kappa shape index (κ2) is 7.81. The minimum atomic E-state index is -4.44. The molecule has 0 spiro atoms. The lowest BCUT2D eigenvalue weighted by molar-refractivity contribution is -0.137. The summed E-state index contributed by atoms with van der Waals surface area (Å²) in [6.07, 6.45) is -4.44. The highest BCUT2D eigenvalue weighted by Crippen LogP contribution is 2.31. The van der Waals surface area contributed by atoms with Crippen molar-refractivity contribution in [1.29, 1.82) is 0 Å². The molecule has 6 heteroatoms. The predicted octanol–water partition coefficient (Wildman–Crippen LogP) is 4.70. The van der Waals surface area contributed by atoms with E-state index in [0.717, 1.165) is 17.7 Å². The van der Waals surface area contributed by atoms with Gasteiger partial charge in [0.1, 0.15) is 5.75 Å². The number of carbonyl (C=O) groups is 1. The summed E-state index contributed by atoms with van der Waals surface area (Å²) in [5.41, 5.74) is 1.38. The molecule has 0 aliphatic heterocycles. The van der Waals surface area contributed by atoms with Gasteiger partial charge in [-0.15, -0.1) is 0 Å². The van der Waals surface area contributed by atoms with Crippen LogP contribution < -0.4 is 10.1 Å². The number of hydrogen-bond acceptors (Lipinski definition) is 2. The van der Waals surface area contributed by atoms with Crippen LogP contribution in [-0.2, 0) is 22.9 Å². The number of alkyl halides is 3. The summed E-state index contributed by atoms with van der Waals surface area (Å²) in [5, 5.41) is 2.69. The Bertz CT molecular complexity index is 747. The van der Waals surface area contributed by atoms with E-state index in [1.807, 2.05) is 24.3 Å². The quantitative estimate of drug-likeness (QED) is 0.834. The van der Waals surface area contributed by atoms with E-state index in [1.165, 1.54) is 17.7 Å². The van der Waals surface area contributed by atoms with Gasteiger partial charge in [-0.2, -0.15) is 13.2 Å². The summed E-state index contributed by atoms with van der Waals surface area (Å²) in [6, 6.07) is 12.4. The van der Waals surface area contributed by atoms with E-state index in [-0.39, 0.29) is 17.8 Å². The van der Waals surface area contributed by atoms with E-state index in [0.29, 0.717) is 6.54 Å². The molecule has 0 saturated carbocycles. The van der Waals surface area contributed by atoms with Gasteiger partial charge in [-0.3, -0.25) is 4.79 Å². The maximum atomic E-state index is 12.6. The number of halogens is 3. The van der Waals surface area contributed by atoms with Crippen LogP contribution in [0.3, 0.4) is 0 Å². The Balaban J connectivity index is 1.84. The van der Waals surface area contributed by atoms with E-state index in [1.54, 1.807) is 0 Å². The SMILES string of the molecule is CC(C)(C)c1ccc(CNC(=O)COc2cccc(C(F)(F)F)c2)cc1. The summed E-state index contributed by atoms with van der Waals surface area (Å²) in [6.45, 7) is 6.34. The summed E-state index contributed by atoms with van der Waals surface area (Å²) >= 11 is 0. The topological polar surface area (TPSA) is 38.3 Å². The zero-order chi connectivity index (χ0) is 19.4. The Morgan fingerprint density at radius 3 is 2.23 bits per heavy atom. The zero-order valence-corrected chi connectivity index (χ0v) is 15.0. The fourth-order valence-corrected chi connectivity index (χ4v) is 2.29. The van der Waals surface area contributed by atoms with Crippen LogP contribution in [0.5, 0.6) is 5.75 Å². The first kappa shape index (κ1) is 19.8. The van der Waals surface area contributed by atoms with Crippen molar-refractivity contribution in [2.24, 2.45) is 0 Å². The van der Waals surface area contributed by atoms with E-state index < -0.39 is 17.6 Å². The predicted molar refractivity (Wildman–Crippen MR) is 93.9 cm³/mol. The van der Waals surface area contributed by atoms with E-state index >= 15 is 0 Å². The van der Waals surface area contributed by atoms with Crippen molar-refractivity contribution in [3.05, 3.63) is 65.2 Å². The lowest BCUT2D eigenvalue weighted by atomic mass is 9.87. The van der Waals surface area contributed by atoms with Gasteiger partial charge in [0.25, 0.3) is 5.91 Å². The van der Waals surface area contributed by atoms with Gasteiger partial charge >= 0.3 is 6.18 Å². The molecule has 140 valence electrons. The molecule has 0 atom stereocenters. The fourth-order valence-electron chi connectivity index (χ4n) is 2.29. The van der Waals surface area contributed by atoms with Crippen LogP contribution in [-0.4, -0.2) is 12.5 Å². The van der Waals surface area contributed by atoms with Crippen molar-refractivity contribution >= 4 is 5.91 Å². The molecule has 2 rings (SSSR count). The van der Waals surface area contributed by atoms with Crippen molar-refractivity contribution in [3.8, 4) is 5.75 Å². The molecule has 0 radical (unpaired) electrons. The van der Waals surface area contributed by atoms with Gasteiger partial charge in [0.15, 0.2) is 6.61 Å². The molecular weight excluding hydrogens is 343 g/mol. The molecular formula is C20H22F3NO2. The van der Waals surface area contributed by atoms with Gasteiger partial charge in [0.2, 0.25) is 0 Å². The third kappa shape index (κ3) is 5.79. The molecule has 0 unspecified atom stereocenters. The minimum absolute atomic E-state index is 0.00417. The largest absolute Gasteiger partial charge is 0.484 e. The lowest BCUT2D eigenvalue weighted by Gasteiger charge is -2.19. The molecule has 1 amide bonds. The van der Waals surface area contributed by atoms with Crippen LogP contribution in [0.25, 0.3) is 0 Å². The molecule has 0 fully saturated rings. The van der Waals surface area contributed by atoms with Crippen LogP contribution in [0.1, 0.15) is 37.5 Å². The first-order valence-corrected chi connectivity index (χ1v) is 8.22. The first-order valence-electron chi connectivity index (χ1n) is 8.22. The average Bonchev–Trinajstić information content (AvgIpc) is 2.57. The van der Waals surface area contributed by atoms with Gasteiger partial charge < -0.3 is 10.1 Å². The van der Waals surface area contributed by atoms with E-state index in [2.05, 4.69) is 26.1 Å². The van der Waals surface area contributed by atoms with Crippen molar-refractivity contribution in [2.75, 3.05) is 6.61 Å². The molecule has 3 nitrogen and oxygen atoms in total. The van der Waals surface area contributed by atoms with Gasteiger partial charge in [-0.05, 0) is 34.7 Å². The summed E-state index contributed by atoms with van der Waals surface area (Å²) < 4.78 is 43.1. The minimum Gasteiger partial charge on any atom is -0.484 e. The number of benzene rings is 2. The Morgan fingerprint density at radius 1 is 1.00 bits per heavy atom. The van der Waals surface area contributed by atoms with Crippen LogP contribution >= 0.6 is 0 Å². The van der Waals surface area contributed by atoms with Gasteiger partial charge in [-0.25, -0.2) is 0 Å². The highest BCUT2D eigenvalue weighted by atomic mass is 19.4. The normalized spacial score (nSPS) is 11.9. The smallest absolute Gasteiger partial charge is 0.416 e. The number of nitrogens with one attached hydrogen (secondary N) is 1. The number of carbonyl (C=O) groups excluding carboxylic acids is 1. The standard InChI is InChI=1S/C20H22F3NO2/c1-19(2,3)15-9-7-14(8-10-15)12-24-18(25)13-26-17-6-4-5-16(11-17)20(21,22)23/h4-11H,12-13H2,1-3H3,(H,24,25). The highest BCUT2D eigenvalue weighted by Gasteiger charge is 2.30. The Morgan fingerprint density at radius 2 is 1.65 bits per heavy atom. The van der Waals surface area contributed by atoms with Gasteiger partial charge in [-0.1, -0.05) is 51.1 Å².